The number of carbonyl (C=O) groups excluding carboxylic acids is 2. The number of carbonyl (C=O) groups is 2. The maximum Gasteiger partial charge on any atom is 0.412 e. The van der Waals surface area contributed by atoms with E-state index in [-0.39, 0.29) is 11.9 Å². The third-order valence-corrected chi connectivity index (χ3v) is 8.10. The fourth-order valence-electron chi connectivity index (χ4n) is 4.78. The molecule has 2 fully saturated rings. The summed E-state index contributed by atoms with van der Waals surface area (Å²) in [4.78, 5) is 34.1. The van der Waals surface area contributed by atoms with Crippen molar-refractivity contribution >= 4 is 34.3 Å². The van der Waals surface area contributed by atoms with Crippen LogP contribution in [0, 0.1) is 0 Å². The Balaban J connectivity index is 1.18. The number of fused-ring (bicyclic) bond motifs is 1. The number of hydrogen-bond acceptors (Lipinski definition) is 6. The van der Waals surface area contributed by atoms with E-state index in [0.29, 0.717) is 36.0 Å². The van der Waals surface area contributed by atoms with Crippen LogP contribution in [0.2, 0.25) is 0 Å². The summed E-state index contributed by atoms with van der Waals surface area (Å²) in [5, 5.41) is 4.67. The van der Waals surface area contributed by atoms with Crippen molar-refractivity contribution in [2.45, 2.75) is 44.1 Å². The predicted octanol–water partition coefficient (Wildman–Crippen LogP) is 6.22. The maximum absolute atomic E-state index is 13.8. The summed E-state index contributed by atoms with van der Waals surface area (Å²) in [6.45, 7) is 0.977. The van der Waals surface area contributed by atoms with Gasteiger partial charge in [-0.3, -0.25) is 4.79 Å². The number of likely N-dealkylation sites (tertiary alicyclic amines) is 1. The largest absolute Gasteiger partial charge is 0.464 e. The molecule has 184 valence electrons. The van der Waals surface area contributed by atoms with Crippen molar-refractivity contribution in [1.82, 2.24) is 15.2 Å². The highest BCUT2D eigenvalue weighted by molar-refractivity contribution is 7.15. The van der Waals surface area contributed by atoms with Gasteiger partial charge in [0.25, 0.3) is 5.91 Å². The molecule has 2 aromatic carbocycles. The first kappa shape index (κ1) is 22.8. The molecule has 8 heteroatoms. The molecule has 36 heavy (non-hydrogen) atoms. The van der Waals surface area contributed by atoms with Gasteiger partial charge in [0.15, 0.2) is 0 Å². The Labute approximate surface area is 213 Å². The molecule has 0 spiro atoms. The number of furan rings is 1. The van der Waals surface area contributed by atoms with Crippen molar-refractivity contribution in [2.75, 3.05) is 13.1 Å². The van der Waals surface area contributed by atoms with Gasteiger partial charge < -0.3 is 19.4 Å². The fraction of sp³-hybridized carbons (Fsp3) is 0.321. The summed E-state index contributed by atoms with van der Waals surface area (Å²) >= 11 is 1.64. The van der Waals surface area contributed by atoms with Crippen LogP contribution in [0.4, 0.5) is 4.79 Å². The first-order valence-corrected chi connectivity index (χ1v) is 13.3. The number of ether oxygens (including phenoxy) is 1. The first-order chi connectivity index (χ1) is 17.7. The number of nitrogens with zero attached hydrogens (tertiary/aromatic N) is 2. The molecule has 1 aliphatic heterocycles. The molecule has 4 aromatic rings. The van der Waals surface area contributed by atoms with Gasteiger partial charge in [0.1, 0.15) is 17.0 Å². The quantitative estimate of drug-likeness (QED) is 0.339. The van der Waals surface area contributed by atoms with Gasteiger partial charge in [0.2, 0.25) is 0 Å². The topological polar surface area (TPSA) is 84.7 Å². The molecule has 2 amide bonds. The summed E-state index contributed by atoms with van der Waals surface area (Å²) in [6, 6.07) is 17.0. The Kier molecular flexibility index (Phi) is 6.19. The molecule has 3 heterocycles. The zero-order valence-corrected chi connectivity index (χ0v) is 20.6. The maximum atomic E-state index is 13.8. The standard InChI is InChI=1S/C28H27N3O4S/c32-27(24-25(18-7-2-1-3-8-18)36-26(30-24)19-12-13-19)31-15-5-4-9-20(31)17-29-28(33)35-23-11-6-10-22-21(23)14-16-34-22/h1-3,6-8,10-11,14,16,19-20H,4-5,9,12-13,15,17H2,(H,29,33)/t20-/m0/s1. The van der Waals surface area contributed by atoms with Crippen molar-refractivity contribution in [3.05, 3.63) is 71.6 Å². The van der Waals surface area contributed by atoms with E-state index in [0.717, 1.165) is 52.9 Å². The lowest BCUT2D eigenvalue weighted by Crippen LogP contribution is -2.50. The second kappa shape index (κ2) is 9.78. The van der Waals surface area contributed by atoms with E-state index in [2.05, 4.69) is 5.32 Å². The molecule has 1 aliphatic carbocycles. The van der Waals surface area contributed by atoms with Crippen LogP contribution in [0.15, 0.2) is 65.3 Å². The molecular formula is C28H27N3O4S. The third kappa shape index (κ3) is 4.60. The molecule has 0 radical (unpaired) electrons. The van der Waals surface area contributed by atoms with E-state index in [1.54, 1.807) is 35.8 Å². The predicted molar refractivity (Wildman–Crippen MR) is 138 cm³/mol. The summed E-state index contributed by atoms with van der Waals surface area (Å²) in [5.41, 5.74) is 2.22. The van der Waals surface area contributed by atoms with Gasteiger partial charge in [-0.15, -0.1) is 11.3 Å². The van der Waals surface area contributed by atoms with Crippen molar-refractivity contribution in [3.8, 4) is 16.2 Å². The van der Waals surface area contributed by atoms with Crippen LogP contribution in [0.1, 0.15) is 53.5 Å². The number of nitrogens with one attached hydrogen (secondary N) is 1. The Bertz CT molecular complexity index is 1390. The number of amides is 2. The minimum atomic E-state index is -0.545. The van der Waals surface area contributed by atoms with E-state index in [1.807, 2.05) is 41.3 Å². The fourth-order valence-corrected chi connectivity index (χ4v) is 6.01. The monoisotopic (exact) mass is 501 g/mol. The number of thiazole rings is 1. The van der Waals surface area contributed by atoms with Crippen molar-refractivity contribution < 1.29 is 18.7 Å². The lowest BCUT2D eigenvalue weighted by molar-refractivity contribution is 0.0607. The first-order valence-electron chi connectivity index (χ1n) is 12.5. The van der Waals surface area contributed by atoms with Crippen LogP contribution in [0.25, 0.3) is 21.4 Å². The normalized spacial score (nSPS) is 17.8. The van der Waals surface area contributed by atoms with E-state index < -0.39 is 6.09 Å². The second-order valence-electron chi connectivity index (χ2n) is 9.38. The summed E-state index contributed by atoms with van der Waals surface area (Å²) in [6.07, 6.45) is 6.07. The third-order valence-electron chi connectivity index (χ3n) is 6.84. The summed E-state index contributed by atoms with van der Waals surface area (Å²) in [7, 11) is 0. The molecule has 0 unspecified atom stereocenters. The van der Waals surface area contributed by atoms with Gasteiger partial charge in [-0.1, -0.05) is 36.4 Å². The molecule has 1 saturated carbocycles. The van der Waals surface area contributed by atoms with Crippen LogP contribution in [-0.4, -0.2) is 41.0 Å². The Morgan fingerprint density at radius 3 is 2.75 bits per heavy atom. The lowest BCUT2D eigenvalue weighted by atomic mass is 10.0. The van der Waals surface area contributed by atoms with Gasteiger partial charge in [-0.2, -0.15) is 0 Å². The second-order valence-corrected chi connectivity index (χ2v) is 10.4. The highest BCUT2D eigenvalue weighted by Crippen LogP contribution is 2.45. The van der Waals surface area contributed by atoms with Crippen LogP contribution in [0.3, 0.4) is 0 Å². The number of rotatable bonds is 6. The Morgan fingerprint density at radius 1 is 1.06 bits per heavy atom. The van der Waals surface area contributed by atoms with E-state index >= 15 is 0 Å². The average molecular weight is 502 g/mol. The molecule has 7 nitrogen and oxygen atoms in total. The van der Waals surface area contributed by atoms with Gasteiger partial charge in [0, 0.05) is 25.0 Å². The minimum Gasteiger partial charge on any atom is -0.464 e. The zero-order valence-electron chi connectivity index (χ0n) is 19.8. The number of piperidine rings is 1. The van der Waals surface area contributed by atoms with Gasteiger partial charge in [0.05, 0.1) is 21.5 Å². The van der Waals surface area contributed by atoms with Gasteiger partial charge >= 0.3 is 6.09 Å². The minimum absolute atomic E-state index is 0.0555. The van der Waals surface area contributed by atoms with Gasteiger partial charge in [-0.05, 0) is 55.9 Å². The molecule has 2 aliphatic rings. The smallest absolute Gasteiger partial charge is 0.412 e. The van der Waals surface area contributed by atoms with Crippen molar-refractivity contribution in [3.63, 3.8) is 0 Å². The zero-order chi connectivity index (χ0) is 24.5. The lowest BCUT2D eigenvalue weighted by Gasteiger charge is -2.35. The molecule has 2 aromatic heterocycles. The SMILES string of the molecule is O=C(NC[C@@H]1CCCCN1C(=O)c1nc(C2CC2)sc1-c1ccccc1)Oc1cccc2occc12. The summed E-state index contributed by atoms with van der Waals surface area (Å²) in [5.74, 6) is 0.866. The van der Waals surface area contributed by atoms with Crippen LogP contribution < -0.4 is 10.1 Å². The molecule has 1 atom stereocenters. The van der Waals surface area contributed by atoms with Crippen molar-refractivity contribution in [2.24, 2.45) is 0 Å². The van der Waals surface area contributed by atoms with Crippen LogP contribution >= 0.6 is 11.3 Å². The average Bonchev–Trinajstić information content (AvgIpc) is 3.47. The summed E-state index contributed by atoms with van der Waals surface area (Å²) < 4.78 is 10.9. The molecule has 1 saturated heterocycles. The number of hydrogen-bond donors (Lipinski definition) is 1. The van der Waals surface area contributed by atoms with Crippen LogP contribution in [-0.2, 0) is 0 Å². The Hall–Kier alpha value is -3.65. The van der Waals surface area contributed by atoms with Gasteiger partial charge in [-0.25, -0.2) is 9.78 Å². The molecular weight excluding hydrogens is 474 g/mol. The van der Waals surface area contributed by atoms with Crippen molar-refractivity contribution in [1.29, 1.82) is 0 Å². The number of benzene rings is 2. The Morgan fingerprint density at radius 2 is 1.92 bits per heavy atom. The molecule has 0 bridgehead atoms. The van der Waals surface area contributed by atoms with E-state index in [4.69, 9.17) is 14.1 Å². The number of aromatic nitrogens is 1. The van der Waals surface area contributed by atoms with E-state index in [9.17, 15) is 9.59 Å². The highest BCUT2D eigenvalue weighted by Gasteiger charge is 2.34. The van der Waals surface area contributed by atoms with E-state index in [1.165, 1.54) is 0 Å². The highest BCUT2D eigenvalue weighted by atomic mass is 32.1. The van der Waals surface area contributed by atoms with Crippen LogP contribution in [0.5, 0.6) is 5.75 Å². The molecule has 6 rings (SSSR count). The molecule has 1 N–H and O–H groups in total.